The second kappa shape index (κ2) is 11.1. The fourth-order valence-corrected chi connectivity index (χ4v) is 5.04. The predicted octanol–water partition coefficient (Wildman–Crippen LogP) is 5.94. The number of halogens is 2. The largest absolute Gasteiger partial charge is 0.465 e. The van der Waals surface area contributed by atoms with Crippen LogP contribution >= 0.6 is 11.6 Å². The van der Waals surface area contributed by atoms with Gasteiger partial charge in [0.1, 0.15) is 17.1 Å². The fraction of sp³-hybridized carbons (Fsp3) is 0.241. The molecule has 1 N–H and O–H groups in total. The van der Waals surface area contributed by atoms with E-state index in [1.807, 2.05) is 6.92 Å². The minimum Gasteiger partial charge on any atom is -0.465 e. The van der Waals surface area contributed by atoms with E-state index < -0.39 is 36.4 Å². The molecule has 0 spiro atoms. The summed E-state index contributed by atoms with van der Waals surface area (Å²) in [6.45, 7) is 7.25. The van der Waals surface area contributed by atoms with Crippen LogP contribution in [0.2, 0.25) is 5.15 Å². The van der Waals surface area contributed by atoms with Crippen molar-refractivity contribution in [1.29, 1.82) is 0 Å². The Hall–Kier alpha value is -4.28. The number of hydrogen-bond acceptors (Lipinski definition) is 8. The summed E-state index contributed by atoms with van der Waals surface area (Å²) in [6.07, 6.45) is -1.18. The normalized spacial score (nSPS) is 19.4. The molecular formula is C29H26ClFN4O5. The van der Waals surface area contributed by atoms with Crippen LogP contribution in [0.25, 0.3) is 11.0 Å². The lowest BCUT2D eigenvalue weighted by Crippen LogP contribution is -2.26. The second-order valence-electron chi connectivity index (χ2n) is 9.30. The standard InChI is InChI=1S/C29H26ClFN4O5/c1-15-25(19-10-5-6-11-20(19)29(37)38-4)40-28(26(15)39-17(3)36)35-27-21(14-32-35)23(13-24(30)34-27)33-16(2)18-9-7-8-12-22(18)31/h5-14,16,25-26,28H,1H2,2-4H3,(H,33,34)/t16-,25+,26+,28+/m0/s1. The summed E-state index contributed by atoms with van der Waals surface area (Å²) < 4.78 is 32.8. The van der Waals surface area contributed by atoms with Crippen molar-refractivity contribution in [1.82, 2.24) is 14.8 Å². The van der Waals surface area contributed by atoms with Gasteiger partial charge >= 0.3 is 11.9 Å². The number of hydrogen-bond donors (Lipinski definition) is 1. The molecule has 1 aliphatic rings. The minimum absolute atomic E-state index is 0.158. The number of rotatable bonds is 7. The van der Waals surface area contributed by atoms with Gasteiger partial charge < -0.3 is 19.5 Å². The Morgan fingerprint density at radius 1 is 1.20 bits per heavy atom. The first-order chi connectivity index (χ1) is 19.2. The number of carbonyl (C=O) groups excluding carboxylic acids is 2. The van der Waals surface area contributed by atoms with Crippen LogP contribution in [0.1, 0.15) is 53.7 Å². The fourth-order valence-electron chi connectivity index (χ4n) is 4.85. The highest BCUT2D eigenvalue weighted by atomic mass is 35.5. The summed E-state index contributed by atoms with van der Waals surface area (Å²) >= 11 is 6.40. The van der Waals surface area contributed by atoms with Crippen molar-refractivity contribution in [2.24, 2.45) is 0 Å². The highest BCUT2D eigenvalue weighted by Gasteiger charge is 2.45. The van der Waals surface area contributed by atoms with E-state index in [1.54, 1.807) is 54.7 Å². The predicted molar refractivity (Wildman–Crippen MR) is 146 cm³/mol. The maximum Gasteiger partial charge on any atom is 0.338 e. The molecule has 5 rings (SSSR count). The zero-order chi connectivity index (χ0) is 28.6. The van der Waals surface area contributed by atoms with Crippen molar-refractivity contribution < 1.29 is 28.2 Å². The Balaban J connectivity index is 1.55. The van der Waals surface area contributed by atoms with Crippen LogP contribution in [0, 0.1) is 5.82 Å². The van der Waals surface area contributed by atoms with Crippen LogP contribution in [-0.2, 0) is 19.0 Å². The van der Waals surface area contributed by atoms with Gasteiger partial charge in [-0.05, 0) is 30.7 Å². The monoisotopic (exact) mass is 564 g/mol. The van der Waals surface area contributed by atoms with Crippen molar-refractivity contribution in [2.45, 2.75) is 38.3 Å². The third-order valence-corrected chi connectivity index (χ3v) is 6.89. The number of nitrogens with zero attached hydrogens (tertiary/aromatic N) is 3. The lowest BCUT2D eigenvalue weighted by atomic mass is 9.96. The number of benzene rings is 2. The molecule has 40 heavy (non-hydrogen) atoms. The third-order valence-electron chi connectivity index (χ3n) is 6.70. The quantitative estimate of drug-likeness (QED) is 0.167. The molecule has 4 aromatic rings. The molecule has 206 valence electrons. The first-order valence-electron chi connectivity index (χ1n) is 12.4. The molecule has 2 aromatic carbocycles. The number of methoxy groups -OCH3 is 1. The lowest BCUT2D eigenvalue weighted by molar-refractivity contribution is -0.151. The summed E-state index contributed by atoms with van der Waals surface area (Å²) in [7, 11) is 1.29. The van der Waals surface area contributed by atoms with E-state index in [-0.39, 0.29) is 11.0 Å². The Morgan fingerprint density at radius 3 is 2.65 bits per heavy atom. The van der Waals surface area contributed by atoms with E-state index in [0.717, 1.165) is 0 Å². The van der Waals surface area contributed by atoms with Crippen LogP contribution in [0.4, 0.5) is 10.1 Å². The molecule has 0 amide bonds. The van der Waals surface area contributed by atoms with Crippen LogP contribution in [0.3, 0.4) is 0 Å². The van der Waals surface area contributed by atoms with Crippen molar-refractivity contribution in [3.63, 3.8) is 0 Å². The van der Waals surface area contributed by atoms with E-state index in [1.165, 1.54) is 24.8 Å². The SMILES string of the molecule is C=C1[C@H](c2ccccc2C(=O)OC)O[C@@H](n2ncc3c(N[C@@H](C)c4ccccc4F)cc(Cl)nc32)[C@@H]1OC(C)=O. The molecule has 4 atom stereocenters. The van der Waals surface area contributed by atoms with Crippen LogP contribution < -0.4 is 5.32 Å². The van der Waals surface area contributed by atoms with Gasteiger partial charge in [0.15, 0.2) is 18.0 Å². The molecule has 0 unspecified atom stereocenters. The van der Waals surface area contributed by atoms with Crippen molar-refractivity contribution >= 4 is 40.3 Å². The Bertz CT molecular complexity index is 1620. The number of ether oxygens (including phenoxy) is 3. The molecule has 0 aliphatic carbocycles. The molecule has 2 aromatic heterocycles. The molecule has 0 saturated carbocycles. The molecule has 0 radical (unpaired) electrons. The van der Waals surface area contributed by atoms with E-state index in [9.17, 15) is 14.0 Å². The van der Waals surface area contributed by atoms with Crippen molar-refractivity contribution in [3.8, 4) is 0 Å². The molecule has 9 nitrogen and oxygen atoms in total. The van der Waals surface area contributed by atoms with Gasteiger partial charge in [-0.3, -0.25) is 4.79 Å². The molecule has 3 heterocycles. The molecule has 1 aliphatic heterocycles. The first-order valence-corrected chi connectivity index (χ1v) is 12.8. The first kappa shape index (κ1) is 27.3. The number of carbonyl (C=O) groups is 2. The smallest absolute Gasteiger partial charge is 0.338 e. The topological polar surface area (TPSA) is 105 Å². The molecular weight excluding hydrogens is 539 g/mol. The summed E-state index contributed by atoms with van der Waals surface area (Å²) in [5.41, 5.74) is 2.60. The number of nitrogens with one attached hydrogen (secondary N) is 1. The summed E-state index contributed by atoms with van der Waals surface area (Å²) in [4.78, 5) is 29.0. The van der Waals surface area contributed by atoms with Gasteiger partial charge in [-0.1, -0.05) is 54.6 Å². The summed E-state index contributed by atoms with van der Waals surface area (Å²) in [5, 5.41) is 8.53. The second-order valence-corrected chi connectivity index (χ2v) is 9.68. The summed E-state index contributed by atoms with van der Waals surface area (Å²) in [5.74, 6) is -1.43. The minimum atomic E-state index is -0.979. The third kappa shape index (κ3) is 5.03. The Morgan fingerprint density at radius 2 is 1.93 bits per heavy atom. The number of anilines is 1. The van der Waals surface area contributed by atoms with E-state index in [2.05, 4.69) is 22.0 Å². The number of esters is 2. The maximum absolute atomic E-state index is 14.4. The van der Waals surface area contributed by atoms with E-state index >= 15 is 0 Å². The highest BCUT2D eigenvalue weighted by molar-refractivity contribution is 6.30. The molecule has 1 saturated heterocycles. The molecule has 11 heteroatoms. The maximum atomic E-state index is 14.4. The van der Waals surface area contributed by atoms with Gasteiger partial charge in [-0.15, -0.1) is 0 Å². The lowest BCUT2D eigenvalue weighted by Gasteiger charge is -2.20. The Labute approximate surface area is 234 Å². The van der Waals surface area contributed by atoms with E-state index in [4.69, 9.17) is 25.8 Å². The van der Waals surface area contributed by atoms with Gasteiger partial charge in [0.2, 0.25) is 0 Å². The van der Waals surface area contributed by atoms with Gasteiger partial charge in [0.25, 0.3) is 0 Å². The number of fused-ring (bicyclic) bond motifs is 1. The van der Waals surface area contributed by atoms with Gasteiger partial charge in [0.05, 0.1) is 36.0 Å². The van der Waals surface area contributed by atoms with Gasteiger partial charge in [0, 0.05) is 18.1 Å². The van der Waals surface area contributed by atoms with Crippen LogP contribution in [-0.4, -0.2) is 39.9 Å². The Kier molecular flexibility index (Phi) is 7.55. The van der Waals surface area contributed by atoms with Crippen LogP contribution in [0.5, 0.6) is 0 Å². The van der Waals surface area contributed by atoms with Crippen LogP contribution in [0.15, 0.2) is 72.9 Å². The zero-order valence-corrected chi connectivity index (χ0v) is 22.7. The van der Waals surface area contributed by atoms with Crippen molar-refractivity contribution in [2.75, 3.05) is 12.4 Å². The number of pyridine rings is 1. The van der Waals surface area contributed by atoms with Crippen molar-refractivity contribution in [3.05, 3.63) is 101 Å². The zero-order valence-electron chi connectivity index (χ0n) is 21.9. The molecule has 1 fully saturated rings. The van der Waals surface area contributed by atoms with Gasteiger partial charge in [-0.2, -0.15) is 5.10 Å². The number of aromatic nitrogens is 3. The average Bonchev–Trinajstić information content (AvgIpc) is 3.49. The highest BCUT2D eigenvalue weighted by Crippen LogP contribution is 2.45. The summed E-state index contributed by atoms with van der Waals surface area (Å²) in [6, 6.07) is 14.5. The molecule has 0 bridgehead atoms. The van der Waals surface area contributed by atoms with E-state index in [0.29, 0.717) is 39.0 Å². The average molecular weight is 565 g/mol. The van der Waals surface area contributed by atoms with Gasteiger partial charge in [-0.25, -0.2) is 18.9 Å².